The molecule has 2 aliphatic rings. The number of nitrogens with zero attached hydrogens (tertiary/aromatic N) is 3. The summed E-state index contributed by atoms with van der Waals surface area (Å²) in [6, 6.07) is 51.1. The Kier molecular flexibility index (Phi) is 6.19. The number of nitrogens with one attached hydrogen (secondary N) is 1. The van der Waals surface area contributed by atoms with Gasteiger partial charge < -0.3 is 5.32 Å². The van der Waals surface area contributed by atoms with Crippen molar-refractivity contribution in [3.8, 4) is 33.8 Å². The molecule has 47 heavy (non-hydrogen) atoms. The van der Waals surface area contributed by atoms with Gasteiger partial charge in [0.1, 0.15) is 6.17 Å². The first-order chi connectivity index (χ1) is 23.1. The smallest absolute Gasteiger partial charge is 0.161 e. The lowest BCUT2D eigenvalue weighted by atomic mass is 9.81. The van der Waals surface area contributed by atoms with Crippen LogP contribution in [0.4, 0.5) is 5.69 Å². The highest BCUT2D eigenvalue weighted by atomic mass is 15.1. The van der Waals surface area contributed by atoms with Crippen molar-refractivity contribution in [2.24, 2.45) is 4.99 Å². The molecule has 7 aromatic rings. The van der Waals surface area contributed by atoms with Gasteiger partial charge in [0.25, 0.3) is 0 Å². The van der Waals surface area contributed by atoms with Crippen LogP contribution >= 0.6 is 0 Å². The molecule has 0 spiro atoms. The van der Waals surface area contributed by atoms with E-state index in [0.29, 0.717) is 0 Å². The van der Waals surface area contributed by atoms with Gasteiger partial charge in [-0.15, -0.1) is 0 Å². The molecule has 1 unspecified atom stereocenters. The molecular formula is C43H32N4. The molecule has 0 radical (unpaired) electrons. The average molecular weight is 605 g/mol. The molecule has 1 aromatic heterocycles. The summed E-state index contributed by atoms with van der Waals surface area (Å²) in [5.74, 6) is 0.745. The lowest BCUT2D eigenvalue weighted by molar-refractivity contribution is 0.660. The van der Waals surface area contributed by atoms with E-state index in [9.17, 15) is 0 Å². The summed E-state index contributed by atoms with van der Waals surface area (Å²) in [6.07, 6.45) is -0.157. The van der Waals surface area contributed by atoms with Crippen molar-refractivity contribution in [1.29, 1.82) is 0 Å². The van der Waals surface area contributed by atoms with Crippen LogP contribution < -0.4 is 5.32 Å². The topological polar surface area (TPSA) is 50.2 Å². The van der Waals surface area contributed by atoms with Gasteiger partial charge in [-0.1, -0.05) is 141 Å². The zero-order valence-corrected chi connectivity index (χ0v) is 26.3. The van der Waals surface area contributed by atoms with Crippen molar-refractivity contribution in [3.05, 3.63) is 173 Å². The standard InChI is InChI=1S/C43H32N4/c1-43(2)34-21-13-20-33(42-45-37-23-12-9-18-31(37)39(47-42)27-14-5-3-6-15-27)38(34)30-25-24-29(26-35(30)43)40-32-19-10-11-22-36(32)44-41(46-40)28-16-7-4-8-17-28/h3-26,41,44H,1-2H3. The van der Waals surface area contributed by atoms with Gasteiger partial charge in [0.2, 0.25) is 0 Å². The molecule has 2 heterocycles. The molecule has 0 bridgehead atoms. The maximum Gasteiger partial charge on any atom is 0.161 e. The number of benzene rings is 6. The minimum absolute atomic E-state index is 0.157. The highest BCUT2D eigenvalue weighted by Gasteiger charge is 2.38. The fraction of sp³-hybridized carbons (Fsp3) is 0.0930. The van der Waals surface area contributed by atoms with Crippen LogP contribution in [0.15, 0.2) is 151 Å². The Morgan fingerprint density at radius 2 is 1.30 bits per heavy atom. The zero-order valence-electron chi connectivity index (χ0n) is 26.3. The van der Waals surface area contributed by atoms with Crippen molar-refractivity contribution in [1.82, 2.24) is 9.97 Å². The largest absolute Gasteiger partial charge is 0.360 e. The van der Waals surface area contributed by atoms with Crippen molar-refractivity contribution in [2.75, 3.05) is 5.32 Å². The minimum Gasteiger partial charge on any atom is -0.360 e. The lowest BCUT2D eigenvalue weighted by Crippen LogP contribution is -2.21. The number of hydrogen-bond acceptors (Lipinski definition) is 4. The molecule has 224 valence electrons. The Bertz CT molecular complexity index is 2360. The predicted molar refractivity (Wildman–Crippen MR) is 193 cm³/mol. The number of anilines is 1. The molecule has 0 saturated heterocycles. The number of aliphatic imine (C=N–C) groups is 1. The number of fused-ring (bicyclic) bond motifs is 5. The molecule has 0 saturated carbocycles. The Morgan fingerprint density at radius 3 is 2.15 bits per heavy atom. The highest BCUT2D eigenvalue weighted by molar-refractivity contribution is 6.17. The number of aromatic nitrogens is 2. The first-order valence-electron chi connectivity index (χ1n) is 16.2. The van der Waals surface area contributed by atoms with E-state index in [4.69, 9.17) is 15.0 Å². The lowest BCUT2D eigenvalue weighted by Gasteiger charge is -2.27. The molecule has 0 fully saturated rings. The summed E-state index contributed by atoms with van der Waals surface area (Å²) >= 11 is 0. The summed E-state index contributed by atoms with van der Waals surface area (Å²) in [5, 5.41) is 4.70. The quantitative estimate of drug-likeness (QED) is 0.217. The van der Waals surface area contributed by atoms with E-state index in [1.807, 2.05) is 18.2 Å². The third-order valence-corrected chi connectivity index (χ3v) is 9.71. The number of hydrogen-bond donors (Lipinski definition) is 1. The van der Waals surface area contributed by atoms with Crippen LogP contribution in [0.5, 0.6) is 0 Å². The van der Waals surface area contributed by atoms with E-state index < -0.39 is 0 Å². The normalized spacial score (nSPS) is 15.7. The molecule has 1 atom stereocenters. The molecule has 1 N–H and O–H groups in total. The van der Waals surface area contributed by atoms with Crippen LogP contribution in [0.25, 0.3) is 44.7 Å². The van der Waals surface area contributed by atoms with E-state index in [-0.39, 0.29) is 11.6 Å². The Balaban J connectivity index is 1.21. The van der Waals surface area contributed by atoms with Gasteiger partial charge in [-0.05, 0) is 46.0 Å². The van der Waals surface area contributed by atoms with E-state index in [2.05, 4.69) is 147 Å². The second kappa shape index (κ2) is 10.6. The third-order valence-electron chi connectivity index (χ3n) is 9.71. The van der Waals surface area contributed by atoms with Gasteiger partial charge in [-0.3, -0.25) is 4.99 Å². The zero-order chi connectivity index (χ0) is 31.5. The second-order valence-electron chi connectivity index (χ2n) is 12.9. The fourth-order valence-electron chi connectivity index (χ4n) is 7.35. The summed E-state index contributed by atoms with van der Waals surface area (Å²) in [4.78, 5) is 15.7. The number of rotatable bonds is 4. The molecule has 9 rings (SSSR count). The molecule has 0 amide bonds. The van der Waals surface area contributed by atoms with E-state index in [1.54, 1.807) is 0 Å². The van der Waals surface area contributed by atoms with E-state index in [1.165, 1.54) is 22.3 Å². The van der Waals surface area contributed by atoms with Crippen LogP contribution in [0.3, 0.4) is 0 Å². The van der Waals surface area contributed by atoms with Crippen molar-refractivity contribution >= 4 is 22.3 Å². The monoisotopic (exact) mass is 604 g/mol. The van der Waals surface area contributed by atoms with Gasteiger partial charge in [0.15, 0.2) is 5.82 Å². The summed E-state index contributed by atoms with van der Waals surface area (Å²) < 4.78 is 0. The van der Waals surface area contributed by atoms with Gasteiger partial charge in [0, 0.05) is 38.7 Å². The van der Waals surface area contributed by atoms with Crippen molar-refractivity contribution < 1.29 is 0 Å². The first-order valence-corrected chi connectivity index (χ1v) is 16.2. The first kappa shape index (κ1) is 27.4. The summed E-state index contributed by atoms with van der Waals surface area (Å²) in [6.45, 7) is 4.65. The molecule has 4 nitrogen and oxygen atoms in total. The van der Waals surface area contributed by atoms with Crippen LogP contribution in [0.1, 0.15) is 47.8 Å². The van der Waals surface area contributed by atoms with Crippen LogP contribution in [0, 0.1) is 0 Å². The van der Waals surface area contributed by atoms with Crippen LogP contribution in [-0.4, -0.2) is 15.7 Å². The third kappa shape index (κ3) is 4.40. The Morgan fingerprint density at radius 1 is 0.574 bits per heavy atom. The predicted octanol–water partition coefficient (Wildman–Crippen LogP) is 10.2. The van der Waals surface area contributed by atoms with Gasteiger partial charge in [0.05, 0.1) is 16.9 Å². The van der Waals surface area contributed by atoms with Crippen molar-refractivity contribution in [3.63, 3.8) is 0 Å². The maximum absolute atomic E-state index is 5.30. The summed E-state index contributed by atoms with van der Waals surface area (Å²) in [5.41, 5.74) is 14.3. The minimum atomic E-state index is -0.221. The summed E-state index contributed by atoms with van der Waals surface area (Å²) in [7, 11) is 0. The fourth-order valence-corrected chi connectivity index (χ4v) is 7.35. The van der Waals surface area contributed by atoms with Gasteiger partial charge in [-0.2, -0.15) is 0 Å². The molecule has 1 aliphatic carbocycles. The van der Waals surface area contributed by atoms with E-state index >= 15 is 0 Å². The van der Waals surface area contributed by atoms with Gasteiger partial charge >= 0.3 is 0 Å². The Labute approximate surface area is 274 Å². The van der Waals surface area contributed by atoms with Crippen molar-refractivity contribution in [2.45, 2.75) is 25.4 Å². The highest BCUT2D eigenvalue weighted by Crippen LogP contribution is 2.52. The van der Waals surface area contributed by atoms with Crippen LogP contribution in [-0.2, 0) is 5.41 Å². The molecule has 6 aromatic carbocycles. The van der Waals surface area contributed by atoms with E-state index in [0.717, 1.165) is 61.6 Å². The average Bonchev–Trinajstić information content (AvgIpc) is 3.37. The SMILES string of the molecule is CC1(C)c2cc(C3=NC(c4ccccc4)Nc4ccccc43)ccc2-c2c(-c3nc(-c4ccccc4)c4ccccc4n3)cccc21. The molecule has 4 heteroatoms. The molecular weight excluding hydrogens is 573 g/mol. The Hall–Kier alpha value is -5.87. The van der Waals surface area contributed by atoms with Crippen LogP contribution in [0.2, 0.25) is 0 Å². The maximum atomic E-state index is 5.30. The van der Waals surface area contributed by atoms with Gasteiger partial charge in [-0.25, -0.2) is 9.97 Å². The molecule has 1 aliphatic heterocycles. The second-order valence-corrected chi connectivity index (χ2v) is 12.9. The number of para-hydroxylation sites is 2.